The number of amides is 1. The van der Waals surface area contributed by atoms with Gasteiger partial charge in [-0.3, -0.25) is 19.3 Å². The number of H-pyrrole nitrogens is 1. The number of carbonyl (C=O) groups is 1. The molecule has 48 heavy (non-hydrogen) atoms. The lowest BCUT2D eigenvalue weighted by Gasteiger charge is -2.33. The van der Waals surface area contributed by atoms with Gasteiger partial charge in [0.15, 0.2) is 0 Å². The Kier molecular flexibility index (Phi) is 10.9. The summed E-state index contributed by atoms with van der Waals surface area (Å²) in [6, 6.07) is 15.8. The second-order valence-corrected chi connectivity index (χ2v) is 13.5. The largest absolute Gasteiger partial charge is 0.386 e. The molecule has 0 radical (unpaired) electrons. The van der Waals surface area contributed by atoms with Gasteiger partial charge in [-0.15, -0.1) is 11.6 Å². The SMILES string of the molecule is Cn1cc(C(=O)Nc2ccc(F)cc2-c2ccc(Cl)c(Cl)c2)c(C(F)F)n1.OC(Cc1ccccc1Cl)(Cn1[nH]cnc1=S)C1(Cl)CC1. The molecule has 8 nitrogen and oxygen atoms in total. The van der Waals surface area contributed by atoms with Crippen LogP contribution in [-0.2, 0) is 20.0 Å². The Morgan fingerprint density at radius 2 is 1.83 bits per heavy atom. The third-order valence-electron chi connectivity index (χ3n) is 7.77. The van der Waals surface area contributed by atoms with E-state index in [1.54, 1.807) is 10.7 Å². The highest BCUT2D eigenvalue weighted by atomic mass is 35.5. The predicted octanol–water partition coefficient (Wildman–Crippen LogP) is 9.06. The summed E-state index contributed by atoms with van der Waals surface area (Å²) in [6.45, 7) is 0.264. The number of anilines is 1. The maximum Gasteiger partial charge on any atom is 0.282 e. The predicted molar refractivity (Wildman–Crippen MR) is 183 cm³/mol. The van der Waals surface area contributed by atoms with Crippen molar-refractivity contribution in [1.82, 2.24) is 24.5 Å². The van der Waals surface area contributed by atoms with Crippen LogP contribution in [0.5, 0.6) is 0 Å². The zero-order valence-electron chi connectivity index (χ0n) is 25.0. The van der Waals surface area contributed by atoms with Crippen LogP contribution in [-0.4, -0.2) is 46.0 Å². The minimum atomic E-state index is -2.91. The van der Waals surface area contributed by atoms with Crippen molar-refractivity contribution in [3.63, 3.8) is 0 Å². The number of aromatic nitrogens is 5. The number of halogens is 7. The van der Waals surface area contributed by atoms with Gasteiger partial charge in [0.2, 0.25) is 4.77 Å². The van der Waals surface area contributed by atoms with Crippen molar-refractivity contribution in [2.45, 2.75) is 42.7 Å². The molecule has 1 aliphatic carbocycles. The van der Waals surface area contributed by atoms with Gasteiger partial charge in [0.05, 0.1) is 27.0 Å². The highest BCUT2D eigenvalue weighted by Gasteiger charge is 2.58. The van der Waals surface area contributed by atoms with Gasteiger partial charge in [0.25, 0.3) is 12.3 Å². The first kappa shape index (κ1) is 35.9. The molecule has 2 aromatic heterocycles. The molecular weight excluding hydrogens is 731 g/mol. The molecule has 3 N–H and O–H groups in total. The molecule has 2 heterocycles. The van der Waals surface area contributed by atoms with E-state index < -0.39 is 34.3 Å². The quantitative estimate of drug-likeness (QED) is 0.103. The van der Waals surface area contributed by atoms with Crippen molar-refractivity contribution in [3.05, 3.63) is 116 Å². The van der Waals surface area contributed by atoms with Crippen LogP contribution in [0.3, 0.4) is 0 Å². The van der Waals surface area contributed by atoms with E-state index in [9.17, 15) is 23.1 Å². The summed E-state index contributed by atoms with van der Waals surface area (Å²) >= 11 is 29.8. The number of aryl methyl sites for hydroxylation is 1. The summed E-state index contributed by atoms with van der Waals surface area (Å²) in [5, 5.41) is 21.4. The Labute approximate surface area is 298 Å². The number of nitrogens with zero attached hydrogens (tertiary/aromatic N) is 4. The molecule has 6 rings (SSSR count). The second-order valence-electron chi connectivity index (χ2n) is 11.2. The number of carbonyl (C=O) groups excluding carboxylic acids is 1. The number of alkyl halides is 3. The smallest absolute Gasteiger partial charge is 0.282 e. The van der Waals surface area contributed by atoms with Crippen LogP contribution in [0, 0.1) is 10.6 Å². The minimum absolute atomic E-state index is 0.226. The van der Waals surface area contributed by atoms with Gasteiger partial charge in [0, 0.05) is 35.9 Å². The van der Waals surface area contributed by atoms with Crippen LogP contribution in [0.15, 0.2) is 73.2 Å². The zero-order valence-corrected chi connectivity index (χ0v) is 28.9. The molecule has 5 aromatic rings. The van der Waals surface area contributed by atoms with Crippen LogP contribution >= 0.6 is 58.6 Å². The van der Waals surface area contributed by atoms with Crippen LogP contribution in [0.4, 0.5) is 18.9 Å². The van der Waals surface area contributed by atoms with Gasteiger partial charge in [-0.05, 0) is 72.6 Å². The standard InChI is InChI=1S/C18H12Cl2F3N3O.C14H15Cl2N3OS/c1-26-8-12(16(25-26)17(22)23)18(27)24-15-5-3-10(21)7-11(15)9-2-4-13(19)14(20)6-9;15-11-4-2-1-3-10(11)7-14(20,13(16)5-6-13)8-19-12(21)17-9-18-19/h2-8,17H,1H3,(H,24,27);1-4,9,20H,5-8H2,(H,17,18,21). The molecule has 1 fully saturated rings. The van der Waals surface area contributed by atoms with E-state index in [1.165, 1.54) is 43.8 Å². The maximum absolute atomic E-state index is 13.8. The molecule has 1 saturated carbocycles. The first-order valence-electron chi connectivity index (χ1n) is 14.3. The fraction of sp³-hybridized carbons (Fsp3) is 0.250. The van der Waals surface area contributed by atoms with E-state index in [4.69, 9.17) is 58.6 Å². The number of benzene rings is 3. The third kappa shape index (κ3) is 8.07. The lowest BCUT2D eigenvalue weighted by atomic mass is 9.89. The van der Waals surface area contributed by atoms with E-state index in [0.29, 0.717) is 32.4 Å². The van der Waals surface area contributed by atoms with Gasteiger partial charge in [0.1, 0.15) is 23.4 Å². The van der Waals surface area contributed by atoms with Crippen molar-refractivity contribution in [3.8, 4) is 11.1 Å². The normalized spacial score (nSPS) is 14.6. The van der Waals surface area contributed by atoms with Crippen molar-refractivity contribution < 1.29 is 23.1 Å². The zero-order chi connectivity index (χ0) is 34.8. The first-order valence-corrected chi connectivity index (χ1v) is 16.2. The minimum Gasteiger partial charge on any atom is -0.386 e. The molecule has 16 heteroatoms. The number of aromatic amines is 1. The van der Waals surface area contributed by atoms with Gasteiger partial charge < -0.3 is 10.4 Å². The Balaban J connectivity index is 0.000000194. The van der Waals surface area contributed by atoms with E-state index in [1.807, 2.05) is 24.3 Å². The molecule has 1 unspecified atom stereocenters. The molecule has 252 valence electrons. The highest BCUT2D eigenvalue weighted by molar-refractivity contribution is 7.71. The molecule has 1 aliphatic rings. The van der Waals surface area contributed by atoms with Crippen LogP contribution in [0.1, 0.15) is 40.9 Å². The molecule has 0 aliphatic heterocycles. The number of hydrogen-bond donors (Lipinski definition) is 3. The summed E-state index contributed by atoms with van der Waals surface area (Å²) in [7, 11) is 1.43. The monoisotopic (exact) mass is 756 g/mol. The average Bonchev–Trinajstić information content (AvgIpc) is 3.49. The van der Waals surface area contributed by atoms with E-state index >= 15 is 0 Å². The second kappa shape index (κ2) is 14.6. The maximum atomic E-state index is 13.8. The Morgan fingerprint density at radius 3 is 2.46 bits per heavy atom. The number of hydrogen-bond acceptors (Lipinski definition) is 5. The van der Waals surface area contributed by atoms with E-state index in [-0.39, 0.29) is 22.8 Å². The van der Waals surface area contributed by atoms with Crippen LogP contribution in [0.2, 0.25) is 15.1 Å². The lowest BCUT2D eigenvalue weighted by Crippen LogP contribution is -2.47. The fourth-order valence-electron chi connectivity index (χ4n) is 5.10. The molecule has 1 amide bonds. The van der Waals surface area contributed by atoms with Crippen molar-refractivity contribution in [2.75, 3.05) is 5.32 Å². The van der Waals surface area contributed by atoms with Crippen molar-refractivity contribution in [2.24, 2.45) is 7.05 Å². The highest BCUT2D eigenvalue weighted by Crippen LogP contribution is 2.53. The molecule has 0 saturated heterocycles. The Hall–Kier alpha value is -3.39. The van der Waals surface area contributed by atoms with E-state index in [2.05, 4.69) is 20.5 Å². The van der Waals surface area contributed by atoms with Gasteiger partial charge in [-0.25, -0.2) is 18.2 Å². The van der Waals surface area contributed by atoms with Gasteiger partial charge in [-0.1, -0.05) is 59.1 Å². The molecular formula is C32H27Cl4F3N6O2S. The Morgan fingerprint density at radius 1 is 1.10 bits per heavy atom. The Bertz CT molecular complexity index is 2020. The molecule has 1 atom stereocenters. The summed E-state index contributed by atoms with van der Waals surface area (Å²) in [4.78, 5) is 15.8. The van der Waals surface area contributed by atoms with Crippen molar-refractivity contribution >= 4 is 70.2 Å². The summed E-state index contributed by atoms with van der Waals surface area (Å²) in [6.07, 6.45) is 1.71. The molecule has 3 aromatic carbocycles. The lowest BCUT2D eigenvalue weighted by molar-refractivity contribution is 0.00728. The van der Waals surface area contributed by atoms with Gasteiger partial charge in [-0.2, -0.15) is 5.10 Å². The van der Waals surface area contributed by atoms with Crippen LogP contribution < -0.4 is 5.32 Å². The topological polar surface area (TPSA) is 101 Å². The summed E-state index contributed by atoms with van der Waals surface area (Å²) in [5.41, 5.74) is -0.109. The van der Waals surface area contributed by atoms with Gasteiger partial charge >= 0.3 is 0 Å². The van der Waals surface area contributed by atoms with Crippen molar-refractivity contribution in [1.29, 1.82) is 0 Å². The average molecular weight is 758 g/mol. The fourth-order valence-corrected chi connectivity index (χ4v) is 5.99. The molecule has 0 spiro atoms. The first-order chi connectivity index (χ1) is 22.7. The number of nitrogens with one attached hydrogen (secondary N) is 2. The van der Waals surface area contributed by atoms with Crippen LogP contribution in [0.25, 0.3) is 11.1 Å². The third-order valence-corrected chi connectivity index (χ3v) is 9.94. The number of rotatable bonds is 9. The summed E-state index contributed by atoms with van der Waals surface area (Å²) < 4.78 is 43.1. The van der Waals surface area contributed by atoms with E-state index in [0.717, 1.165) is 29.2 Å². The number of aliphatic hydroxyl groups is 1. The molecule has 0 bridgehead atoms. The summed E-state index contributed by atoms with van der Waals surface area (Å²) in [5.74, 6) is -1.32.